The van der Waals surface area contributed by atoms with E-state index < -0.39 is 4.92 Å². The van der Waals surface area contributed by atoms with E-state index >= 15 is 0 Å². The van der Waals surface area contributed by atoms with Gasteiger partial charge in [0.25, 0.3) is 0 Å². The highest BCUT2D eigenvalue weighted by molar-refractivity contribution is 9.08. The lowest BCUT2D eigenvalue weighted by molar-refractivity contribution is -0.386. The fourth-order valence-electron chi connectivity index (χ4n) is 1.52. The number of ether oxygens (including phenoxy) is 1. The summed E-state index contributed by atoms with van der Waals surface area (Å²) in [7, 11) is 1.74. The second-order valence-electron chi connectivity index (χ2n) is 3.87. The van der Waals surface area contributed by atoms with Crippen molar-refractivity contribution in [1.29, 1.82) is 0 Å². The second kappa shape index (κ2) is 5.79. The van der Waals surface area contributed by atoms with Crippen molar-refractivity contribution in [2.75, 3.05) is 0 Å². The first-order chi connectivity index (χ1) is 9.10. The van der Waals surface area contributed by atoms with Gasteiger partial charge in [-0.05, 0) is 11.6 Å². The number of nitro benzene ring substituents is 1. The van der Waals surface area contributed by atoms with Gasteiger partial charge in [-0.15, -0.1) is 5.10 Å². The highest BCUT2D eigenvalue weighted by Gasteiger charge is 2.16. The molecule has 2 rings (SSSR count). The molecule has 1 heterocycles. The average Bonchev–Trinajstić information content (AvgIpc) is 2.82. The normalized spacial score (nSPS) is 10.4. The third kappa shape index (κ3) is 3.28. The van der Waals surface area contributed by atoms with Gasteiger partial charge < -0.3 is 4.74 Å². The van der Waals surface area contributed by atoms with Crippen LogP contribution in [0.2, 0.25) is 0 Å². The van der Waals surface area contributed by atoms with Crippen LogP contribution < -0.4 is 4.74 Å². The molecule has 100 valence electrons. The maximum atomic E-state index is 11.0. The fraction of sp³-hybridized carbons (Fsp3) is 0.273. The molecule has 0 radical (unpaired) electrons. The summed E-state index contributed by atoms with van der Waals surface area (Å²) in [4.78, 5) is 10.5. The fourth-order valence-corrected chi connectivity index (χ4v) is 1.87. The maximum absolute atomic E-state index is 11.0. The first-order valence-electron chi connectivity index (χ1n) is 5.41. The molecule has 7 nitrogen and oxygen atoms in total. The summed E-state index contributed by atoms with van der Waals surface area (Å²) >= 11 is 3.26. The minimum Gasteiger partial charge on any atom is -0.480 e. The van der Waals surface area contributed by atoms with Gasteiger partial charge in [-0.1, -0.05) is 27.2 Å². The minimum atomic E-state index is -0.460. The van der Waals surface area contributed by atoms with Gasteiger partial charge in [-0.25, -0.2) is 0 Å². The number of rotatable bonds is 5. The SMILES string of the molecule is Cn1cc(COc2ccc(CBr)cc2[N+](=O)[O-])nn1. The Hall–Kier alpha value is -1.96. The van der Waals surface area contributed by atoms with Crippen LogP contribution in [0.3, 0.4) is 0 Å². The quantitative estimate of drug-likeness (QED) is 0.478. The summed E-state index contributed by atoms with van der Waals surface area (Å²) in [6, 6.07) is 4.85. The van der Waals surface area contributed by atoms with Gasteiger partial charge in [-0.3, -0.25) is 14.8 Å². The van der Waals surface area contributed by atoms with E-state index in [9.17, 15) is 10.1 Å². The molecule has 0 aliphatic carbocycles. The van der Waals surface area contributed by atoms with Crippen LogP contribution in [0.1, 0.15) is 11.3 Å². The van der Waals surface area contributed by atoms with Gasteiger partial charge in [-0.2, -0.15) is 0 Å². The molecule has 0 bridgehead atoms. The van der Waals surface area contributed by atoms with E-state index in [-0.39, 0.29) is 18.0 Å². The lowest BCUT2D eigenvalue weighted by atomic mass is 10.2. The molecular formula is C11H11BrN4O3. The molecule has 0 aliphatic rings. The number of hydrogen-bond acceptors (Lipinski definition) is 5. The second-order valence-corrected chi connectivity index (χ2v) is 4.43. The molecule has 0 saturated heterocycles. The van der Waals surface area contributed by atoms with Crippen molar-refractivity contribution >= 4 is 21.6 Å². The molecule has 0 unspecified atom stereocenters. The van der Waals surface area contributed by atoms with Gasteiger partial charge in [0, 0.05) is 18.4 Å². The molecule has 1 aromatic heterocycles. The topological polar surface area (TPSA) is 83.1 Å². The van der Waals surface area contributed by atoms with Crippen LogP contribution in [-0.2, 0) is 19.0 Å². The van der Waals surface area contributed by atoms with Crippen molar-refractivity contribution in [1.82, 2.24) is 15.0 Å². The van der Waals surface area contributed by atoms with E-state index in [2.05, 4.69) is 26.2 Å². The number of hydrogen-bond donors (Lipinski definition) is 0. The Morgan fingerprint density at radius 2 is 2.32 bits per heavy atom. The van der Waals surface area contributed by atoms with Gasteiger partial charge in [0.1, 0.15) is 12.3 Å². The number of nitrogens with zero attached hydrogens (tertiary/aromatic N) is 4. The van der Waals surface area contributed by atoms with Crippen molar-refractivity contribution in [2.45, 2.75) is 11.9 Å². The lowest BCUT2D eigenvalue weighted by Crippen LogP contribution is -2.00. The number of benzene rings is 1. The van der Waals surface area contributed by atoms with Crippen molar-refractivity contribution < 1.29 is 9.66 Å². The third-order valence-electron chi connectivity index (χ3n) is 2.40. The predicted molar refractivity (Wildman–Crippen MR) is 71.1 cm³/mol. The van der Waals surface area contributed by atoms with Crippen molar-refractivity contribution in [3.63, 3.8) is 0 Å². The number of nitro groups is 1. The Morgan fingerprint density at radius 3 is 2.89 bits per heavy atom. The van der Waals surface area contributed by atoms with Gasteiger partial charge in [0.15, 0.2) is 5.75 Å². The Morgan fingerprint density at radius 1 is 1.53 bits per heavy atom. The van der Waals surface area contributed by atoms with Crippen molar-refractivity contribution in [2.24, 2.45) is 7.05 Å². The number of aryl methyl sites for hydroxylation is 1. The lowest BCUT2D eigenvalue weighted by Gasteiger charge is -2.05. The number of alkyl halides is 1. The summed E-state index contributed by atoms with van der Waals surface area (Å²) in [5, 5.41) is 19.1. The molecule has 2 aromatic rings. The molecule has 0 amide bonds. The molecule has 0 N–H and O–H groups in total. The predicted octanol–water partition coefficient (Wildman–Crippen LogP) is 2.20. The molecule has 0 atom stereocenters. The molecule has 0 spiro atoms. The zero-order chi connectivity index (χ0) is 13.8. The molecule has 0 fully saturated rings. The van der Waals surface area contributed by atoms with E-state index in [0.717, 1.165) is 5.56 Å². The van der Waals surface area contributed by atoms with Crippen LogP contribution in [0.15, 0.2) is 24.4 Å². The summed E-state index contributed by atoms with van der Waals surface area (Å²) in [5.41, 5.74) is 1.38. The molecule has 0 aliphatic heterocycles. The zero-order valence-electron chi connectivity index (χ0n) is 10.1. The summed E-state index contributed by atoms with van der Waals surface area (Å²) in [6.07, 6.45) is 1.69. The molecule has 1 aromatic carbocycles. The summed E-state index contributed by atoms with van der Waals surface area (Å²) < 4.78 is 6.97. The van der Waals surface area contributed by atoms with Crippen LogP contribution in [0.5, 0.6) is 5.75 Å². The highest BCUT2D eigenvalue weighted by Crippen LogP contribution is 2.29. The number of aromatic nitrogens is 3. The van der Waals surface area contributed by atoms with Gasteiger partial charge >= 0.3 is 5.69 Å². The van der Waals surface area contributed by atoms with E-state index in [4.69, 9.17) is 4.74 Å². The Labute approximate surface area is 117 Å². The minimum absolute atomic E-state index is 0.0548. The Kier molecular flexibility index (Phi) is 4.10. The van der Waals surface area contributed by atoms with Gasteiger partial charge in [0.05, 0.1) is 11.1 Å². The van der Waals surface area contributed by atoms with Gasteiger partial charge in [0.2, 0.25) is 0 Å². The largest absolute Gasteiger partial charge is 0.480 e. The first-order valence-corrected chi connectivity index (χ1v) is 6.53. The van der Waals surface area contributed by atoms with E-state index in [1.165, 1.54) is 6.07 Å². The highest BCUT2D eigenvalue weighted by atomic mass is 79.9. The Bertz CT molecular complexity index is 599. The third-order valence-corrected chi connectivity index (χ3v) is 3.05. The first kappa shape index (κ1) is 13.5. The van der Waals surface area contributed by atoms with Crippen LogP contribution >= 0.6 is 15.9 Å². The molecule has 0 saturated carbocycles. The summed E-state index contributed by atoms with van der Waals surface area (Å²) in [6.45, 7) is 0.141. The molecule has 8 heteroatoms. The standard InChI is InChI=1S/C11H11BrN4O3/c1-15-6-9(13-14-15)7-19-11-3-2-8(5-12)4-10(11)16(17)18/h2-4,6H,5,7H2,1H3. The number of halogens is 1. The molecular weight excluding hydrogens is 316 g/mol. The van der Waals surface area contributed by atoms with Crippen LogP contribution in [0.4, 0.5) is 5.69 Å². The van der Waals surface area contributed by atoms with E-state index in [0.29, 0.717) is 11.0 Å². The van der Waals surface area contributed by atoms with Crippen LogP contribution in [0.25, 0.3) is 0 Å². The van der Waals surface area contributed by atoms with Crippen LogP contribution in [0, 0.1) is 10.1 Å². The molecule has 19 heavy (non-hydrogen) atoms. The van der Waals surface area contributed by atoms with E-state index in [1.54, 1.807) is 30.1 Å². The van der Waals surface area contributed by atoms with E-state index in [1.807, 2.05) is 0 Å². The summed E-state index contributed by atoms with van der Waals surface area (Å²) in [5.74, 6) is 0.223. The smallest absolute Gasteiger partial charge is 0.311 e. The van der Waals surface area contributed by atoms with Crippen molar-refractivity contribution in [3.05, 3.63) is 45.8 Å². The monoisotopic (exact) mass is 326 g/mol. The maximum Gasteiger partial charge on any atom is 0.311 e. The van der Waals surface area contributed by atoms with Crippen molar-refractivity contribution in [3.8, 4) is 5.75 Å². The zero-order valence-corrected chi connectivity index (χ0v) is 11.7. The van der Waals surface area contributed by atoms with Crippen LogP contribution in [-0.4, -0.2) is 19.9 Å². The Balaban J connectivity index is 2.17. The average molecular weight is 327 g/mol.